The van der Waals surface area contributed by atoms with E-state index in [9.17, 15) is 26.4 Å². The summed E-state index contributed by atoms with van der Waals surface area (Å²) in [6.45, 7) is 0.754. The van der Waals surface area contributed by atoms with E-state index in [2.05, 4.69) is 4.72 Å². The van der Waals surface area contributed by atoms with Crippen LogP contribution in [0, 0.1) is 5.41 Å². The monoisotopic (exact) mass is 578 g/mol. The number of alkyl halides is 3. The Morgan fingerprint density at radius 2 is 1.65 bits per heavy atom. The molecule has 10 nitrogen and oxygen atoms in total. The average Bonchev–Trinajstić information content (AvgIpc) is 3.23. The van der Waals surface area contributed by atoms with Crippen LogP contribution in [0.1, 0.15) is 17.5 Å². The van der Waals surface area contributed by atoms with E-state index in [1.54, 1.807) is 47.4 Å². The summed E-state index contributed by atoms with van der Waals surface area (Å²) in [5.74, 6) is -1.92. The minimum atomic E-state index is -5.08. The molecule has 1 amide bonds. The topological polar surface area (TPSA) is 163 Å². The lowest BCUT2D eigenvalue weighted by Gasteiger charge is -2.18. The van der Waals surface area contributed by atoms with E-state index in [1.165, 1.54) is 12.1 Å². The number of nitrogens with two attached hydrogens (primary N) is 1. The van der Waals surface area contributed by atoms with E-state index in [0.29, 0.717) is 36.6 Å². The van der Waals surface area contributed by atoms with Gasteiger partial charge in [-0.3, -0.25) is 10.2 Å². The van der Waals surface area contributed by atoms with Crippen molar-refractivity contribution >= 4 is 27.7 Å². The first-order chi connectivity index (χ1) is 18.8. The zero-order valence-electron chi connectivity index (χ0n) is 20.8. The predicted molar refractivity (Wildman–Crippen MR) is 138 cm³/mol. The second kappa shape index (κ2) is 12.6. The SMILES string of the molecule is N=C(N)c1cccc(CN2CC[C@H](NS(=O)(=O)c3ccc(Oc4ccccc4)cc3)C2=O)c1.O=C(O)C(F)(F)F. The molecule has 14 heteroatoms. The molecule has 0 aliphatic carbocycles. The van der Waals surface area contributed by atoms with Gasteiger partial charge < -0.3 is 20.5 Å². The summed E-state index contributed by atoms with van der Waals surface area (Å²) in [6, 6.07) is 21.5. The number of amides is 1. The standard InChI is InChI=1S/C24H24N4O4S.C2HF3O2/c25-23(26)18-6-4-5-17(15-18)16-28-14-13-22(24(28)29)27-33(30,31)21-11-9-20(10-12-21)32-19-7-2-1-3-8-19;3-2(4,5)1(6)7/h1-12,15,22,27H,13-14,16H2,(H3,25,26);(H,6,7)/t22-;/m0./s1. The summed E-state index contributed by atoms with van der Waals surface area (Å²) in [5.41, 5.74) is 6.94. The second-order valence-electron chi connectivity index (χ2n) is 8.53. The molecule has 1 fully saturated rings. The highest BCUT2D eigenvalue weighted by molar-refractivity contribution is 7.89. The minimum Gasteiger partial charge on any atom is -0.475 e. The van der Waals surface area contributed by atoms with Gasteiger partial charge in [0.15, 0.2) is 0 Å². The van der Waals surface area contributed by atoms with Crippen LogP contribution in [0.2, 0.25) is 0 Å². The number of sulfonamides is 1. The number of hydrogen-bond acceptors (Lipinski definition) is 6. The highest BCUT2D eigenvalue weighted by Gasteiger charge is 2.38. The number of aliphatic carboxylic acids is 1. The molecule has 212 valence electrons. The van der Waals surface area contributed by atoms with Gasteiger partial charge in [-0.1, -0.05) is 36.4 Å². The second-order valence-corrected chi connectivity index (χ2v) is 10.2. The molecule has 3 aromatic rings. The molecule has 0 unspecified atom stereocenters. The number of likely N-dealkylation sites (tertiary alicyclic amines) is 1. The molecule has 1 atom stereocenters. The van der Waals surface area contributed by atoms with Crippen molar-refractivity contribution in [1.29, 1.82) is 5.41 Å². The third-order valence-corrected chi connectivity index (χ3v) is 7.05. The Bertz CT molecular complexity index is 1470. The van der Waals surface area contributed by atoms with Crippen LogP contribution in [0.15, 0.2) is 83.8 Å². The van der Waals surface area contributed by atoms with Crippen molar-refractivity contribution in [2.24, 2.45) is 5.73 Å². The fourth-order valence-electron chi connectivity index (χ4n) is 3.63. The van der Waals surface area contributed by atoms with E-state index in [1.807, 2.05) is 24.3 Å². The fraction of sp³-hybridized carbons (Fsp3) is 0.192. The van der Waals surface area contributed by atoms with Crippen molar-refractivity contribution in [2.45, 2.75) is 30.1 Å². The number of carbonyl (C=O) groups is 2. The van der Waals surface area contributed by atoms with Crippen LogP contribution in [0.3, 0.4) is 0 Å². The van der Waals surface area contributed by atoms with Gasteiger partial charge in [-0.2, -0.15) is 17.9 Å². The number of nitrogen functional groups attached to an aromatic ring is 1. The largest absolute Gasteiger partial charge is 0.490 e. The minimum absolute atomic E-state index is 0.0459. The number of para-hydroxylation sites is 1. The van der Waals surface area contributed by atoms with E-state index in [-0.39, 0.29) is 16.6 Å². The van der Waals surface area contributed by atoms with Gasteiger partial charge in [0.25, 0.3) is 0 Å². The lowest BCUT2D eigenvalue weighted by molar-refractivity contribution is -0.192. The molecule has 3 aromatic carbocycles. The van der Waals surface area contributed by atoms with E-state index in [0.717, 1.165) is 5.56 Å². The van der Waals surface area contributed by atoms with Crippen LogP contribution in [-0.2, 0) is 26.2 Å². The van der Waals surface area contributed by atoms with Crippen LogP contribution < -0.4 is 15.2 Å². The number of ether oxygens (including phenoxy) is 1. The fourth-order valence-corrected chi connectivity index (χ4v) is 4.85. The molecular formula is C26H25F3N4O6S. The first kappa shape index (κ1) is 30.1. The molecule has 5 N–H and O–H groups in total. The third-order valence-electron chi connectivity index (χ3n) is 5.56. The Morgan fingerprint density at radius 3 is 2.23 bits per heavy atom. The van der Waals surface area contributed by atoms with Crippen molar-refractivity contribution in [3.05, 3.63) is 90.0 Å². The molecular weight excluding hydrogens is 553 g/mol. The number of hydrogen-bond donors (Lipinski definition) is 4. The van der Waals surface area contributed by atoms with Gasteiger partial charge in [-0.05, 0) is 54.4 Å². The number of carboxylic acids is 1. The lowest BCUT2D eigenvalue weighted by atomic mass is 10.1. The van der Waals surface area contributed by atoms with Gasteiger partial charge in [0.05, 0.1) is 4.90 Å². The summed E-state index contributed by atoms with van der Waals surface area (Å²) in [7, 11) is -3.88. The summed E-state index contributed by atoms with van der Waals surface area (Å²) in [5, 5.41) is 14.7. The molecule has 0 spiro atoms. The molecule has 1 heterocycles. The molecule has 0 aromatic heterocycles. The zero-order chi connectivity index (χ0) is 29.5. The molecule has 1 aliphatic heterocycles. The number of nitrogens with zero attached hydrogens (tertiary/aromatic N) is 1. The van der Waals surface area contributed by atoms with E-state index in [4.69, 9.17) is 25.8 Å². The number of carbonyl (C=O) groups excluding carboxylic acids is 1. The third kappa shape index (κ3) is 8.28. The van der Waals surface area contributed by atoms with Gasteiger partial charge in [0.2, 0.25) is 15.9 Å². The van der Waals surface area contributed by atoms with Crippen LogP contribution >= 0.6 is 0 Å². The Morgan fingerprint density at radius 1 is 1.05 bits per heavy atom. The summed E-state index contributed by atoms with van der Waals surface area (Å²) in [6.07, 6.45) is -4.71. The highest BCUT2D eigenvalue weighted by Crippen LogP contribution is 2.24. The number of nitrogens with one attached hydrogen (secondary N) is 2. The number of carboxylic acid groups (broad SMARTS) is 1. The first-order valence-electron chi connectivity index (χ1n) is 11.6. The number of benzene rings is 3. The normalized spacial score (nSPS) is 15.2. The van der Waals surface area contributed by atoms with E-state index < -0.39 is 28.2 Å². The highest BCUT2D eigenvalue weighted by atomic mass is 32.2. The first-order valence-corrected chi connectivity index (χ1v) is 13.1. The quantitative estimate of drug-likeness (QED) is 0.235. The molecule has 4 rings (SSSR count). The van der Waals surface area contributed by atoms with Gasteiger partial charge in [-0.25, -0.2) is 13.2 Å². The van der Waals surface area contributed by atoms with Gasteiger partial charge >= 0.3 is 12.1 Å². The predicted octanol–water partition coefficient (Wildman–Crippen LogP) is 3.48. The summed E-state index contributed by atoms with van der Waals surface area (Å²) < 4.78 is 65.6. The van der Waals surface area contributed by atoms with Crippen molar-refractivity contribution in [3.63, 3.8) is 0 Å². The summed E-state index contributed by atoms with van der Waals surface area (Å²) in [4.78, 5) is 23.4. The maximum Gasteiger partial charge on any atom is 0.490 e. The molecule has 1 aliphatic rings. The van der Waals surface area contributed by atoms with Gasteiger partial charge in [0, 0.05) is 18.7 Å². The maximum atomic E-state index is 12.8. The van der Waals surface area contributed by atoms with E-state index >= 15 is 0 Å². The number of rotatable bonds is 8. The smallest absolute Gasteiger partial charge is 0.475 e. The molecule has 0 saturated carbocycles. The molecule has 1 saturated heterocycles. The van der Waals surface area contributed by atoms with Crippen LogP contribution in [-0.4, -0.2) is 54.9 Å². The zero-order valence-corrected chi connectivity index (χ0v) is 21.6. The van der Waals surface area contributed by atoms with Crippen molar-refractivity contribution < 1.29 is 41.0 Å². The van der Waals surface area contributed by atoms with Crippen molar-refractivity contribution in [1.82, 2.24) is 9.62 Å². The Balaban J connectivity index is 0.000000559. The maximum absolute atomic E-state index is 12.8. The van der Waals surface area contributed by atoms with Crippen molar-refractivity contribution in [3.8, 4) is 11.5 Å². The molecule has 0 radical (unpaired) electrons. The Labute approximate surface area is 227 Å². The van der Waals surface area contributed by atoms with Crippen LogP contribution in [0.5, 0.6) is 11.5 Å². The number of halogens is 3. The molecule has 0 bridgehead atoms. The van der Waals surface area contributed by atoms with Crippen LogP contribution in [0.25, 0.3) is 0 Å². The van der Waals surface area contributed by atoms with Crippen molar-refractivity contribution in [2.75, 3.05) is 6.54 Å². The van der Waals surface area contributed by atoms with Gasteiger partial charge in [-0.15, -0.1) is 0 Å². The van der Waals surface area contributed by atoms with Crippen LogP contribution in [0.4, 0.5) is 13.2 Å². The Kier molecular flexibility index (Phi) is 9.50. The average molecular weight is 579 g/mol. The number of amidine groups is 1. The van der Waals surface area contributed by atoms with Gasteiger partial charge in [0.1, 0.15) is 23.4 Å². The Hall–Kier alpha value is -4.43. The molecule has 40 heavy (non-hydrogen) atoms. The summed E-state index contributed by atoms with van der Waals surface area (Å²) >= 11 is 0. The lowest BCUT2D eigenvalue weighted by Crippen LogP contribution is -2.41.